The minimum atomic E-state index is -1.00. The van der Waals surface area contributed by atoms with Gasteiger partial charge in [-0.1, -0.05) is 0 Å². The fraction of sp³-hybridized carbons (Fsp3) is 0.0714. The lowest BCUT2D eigenvalue weighted by molar-refractivity contribution is 0.0697. The van der Waals surface area contributed by atoms with Crippen LogP contribution in [-0.4, -0.2) is 16.1 Å². The molecule has 0 aliphatic carbocycles. The number of nitrogens with zero attached hydrogens (tertiary/aromatic N) is 2. The molecule has 0 amide bonds. The summed E-state index contributed by atoms with van der Waals surface area (Å²) in [5, 5.41) is 17.8. The van der Waals surface area contributed by atoms with Crippen LogP contribution in [0.4, 0.5) is 0 Å². The molecule has 0 aliphatic rings. The standard InChI is InChI=1S/C14H10N2O3/c1-9-6-7-16-13(12(9)8-15)19-11-4-2-10(3-5-11)14(17)18/h2-7H,1H3,(H,17,18). The van der Waals surface area contributed by atoms with E-state index in [1.54, 1.807) is 19.2 Å². The molecule has 1 aromatic heterocycles. The van der Waals surface area contributed by atoms with E-state index in [0.29, 0.717) is 11.3 Å². The Morgan fingerprint density at radius 2 is 2.00 bits per heavy atom. The molecule has 0 radical (unpaired) electrons. The van der Waals surface area contributed by atoms with Crippen LogP contribution in [0, 0.1) is 18.3 Å². The first-order valence-electron chi connectivity index (χ1n) is 5.48. The van der Waals surface area contributed by atoms with Gasteiger partial charge in [-0.05, 0) is 42.8 Å². The summed E-state index contributed by atoms with van der Waals surface area (Å²) in [5.74, 6) is -0.358. The lowest BCUT2D eigenvalue weighted by Gasteiger charge is -2.07. The molecule has 2 aromatic rings. The number of rotatable bonds is 3. The topological polar surface area (TPSA) is 83.2 Å². The van der Waals surface area contributed by atoms with Crippen LogP contribution in [-0.2, 0) is 0 Å². The van der Waals surface area contributed by atoms with E-state index in [2.05, 4.69) is 4.98 Å². The summed E-state index contributed by atoms with van der Waals surface area (Å²) in [6, 6.07) is 9.66. The van der Waals surface area contributed by atoms with Crippen molar-refractivity contribution in [2.24, 2.45) is 0 Å². The molecule has 0 saturated carbocycles. The van der Waals surface area contributed by atoms with Gasteiger partial charge in [0.25, 0.3) is 0 Å². The van der Waals surface area contributed by atoms with Crippen molar-refractivity contribution in [2.45, 2.75) is 6.92 Å². The summed E-state index contributed by atoms with van der Waals surface area (Å²) in [4.78, 5) is 14.7. The van der Waals surface area contributed by atoms with Gasteiger partial charge < -0.3 is 9.84 Å². The maximum Gasteiger partial charge on any atom is 0.335 e. The fourth-order valence-corrected chi connectivity index (χ4v) is 1.52. The zero-order valence-corrected chi connectivity index (χ0v) is 10.1. The Balaban J connectivity index is 2.29. The van der Waals surface area contributed by atoms with E-state index in [1.807, 2.05) is 6.07 Å². The van der Waals surface area contributed by atoms with Gasteiger partial charge >= 0.3 is 5.97 Å². The Labute approximate surface area is 109 Å². The molecule has 1 aromatic carbocycles. The highest BCUT2D eigenvalue weighted by Gasteiger charge is 2.09. The van der Waals surface area contributed by atoms with Gasteiger partial charge in [-0.2, -0.15) is 5.26 Å². The van der Waals surface area contributed by atoms with Crippen LogP contribution in [0.1, 0.15) is 21.5 Å². The van der Waals surface area contributed by atoms with E-state index in [4.69, 9.17) is 15.1 Å². The Morgan fingerprint density at radius 1 is 1.32 bits per heavy atom. The van der Waals surface area contributed by atoms with Crippen LogP contribution in [0.15, 0.2) is 36.5 Å². The average molecular weight is 254 g/mol. The molecule has 2 rings (SSSR count). The minimum absolute atomic E-state index is 0.171. The first kappa shape index (κ1) is 12.6. The van der Waals surface area contributed by atoms with Crippen molar-refractivity contribution in [3.05, 3.63) is 53.2 Å². The SMILES string of the molecule is Cc1ccnc(Oc2ccc(C(=O)O)cc2)c1C#N. The number of hydrogen-bond donors (Lipinski definition) is 1. The molecular weight excluding hydrogens is 244 g/mol. The molecule has 1 heterocycles. The number of benzene rings is 1. The van der Waals surface area contributed by atoms with Crippen molar-refractivity contribution in [1.82, 2.24) is 4.98 Å². The monoisotopic (exact) mass is 254 g/mol. The summed E-state index contributed by atoms with van der Waals surface area (Å²) >= 11 is 0. The van der Waals surface area contributed by atoms with Crippen LogP contribution in [0.3, 0.4) is 0 Å². The number of pyridine rings is 1. The zero-order valence-electron chi connectivity index (χ0n) is 10.1. The van der Waals surface area contributed by atoms with Crippen molar-refractivity contribution in [1.29, 1.82) is 5.26 Å². The number of aromatic nitrogens is 1. The second kappa shape index (κ2) is 5.19. The molecule has 5 nitrogen and oxygen atoms in total. The van der Waals surface area contributed by atoms with Crippen molar-refractivity contribution in [2.75, 3.05) is 0 Å². The number of aryl methyl sites for hydroxylation is 1. The first-order chi connectivity index (χ1) is 9.11. The molecule has 0 fully saturated rings. The van der Waals surface area contributed by atoms with E-state index >= 15 is 0 Å². The quantitative estimate of drug-likeness (QED) is 0.910. The molecular formula is C14H10N2O3. The van der Waals surface area contributed by atoms with E-state index in [1.165, 1.54) is 24.3 Å². The van der Waals surface area contributed by atoms with Gasteiger partial charge in [0, 0.05) is 6.20 Å². The van der Waals surface area contributed by atoms with E-state index in [9.17, 15) is 4.79 Å². The summed E-state index contributed by atoms with van der Waals surface area (Å²) in [6.45, 7) is 1.79. The molecule has 5 heteroatoms. The van der Waals surface area contributed by atoms with Gasteiger partial charge in [0.2, 0.25) is 5.88 Å². The van der Waals surface area contributed by atoms with Crippen LogP contribution < -0.4 is 4.74 Å². The van der Waals surface area contributed by atoms with Crippen LogP contribution >= 0.6 is 0 Å². The second-order valence-electron chi connectivity index (χ2n) is 3.85. The summed E-state index contributed by atoms with van der Waals surface area (Å²) in [5.41, 5.74) is 1.31. The Kier molecular flexibility index (Phi) is 3.44. The zero-order chi connectivity index (χ0) is 13.8. The molecule has 0 saturated heterocycles. The van der Waals surface area contributed by atoms with Crippen LogP contribution in [0.25, 0.3) is 0 Å². The molecule has 0 bridgehead atoms. The van der Waals surface area contributed by atoms with Crippen molar-refractivity contribution >= 4 is 5.97 Å². The molecule has 0 atom stereocenters. The Hall–Kier alpha value is -2.87. The predicted molar refractivity (Wildman–Crippen MR) is 67.2 cm³/mol. The fourth-order valence-electron chi connectivity index (χ4n) is 1.52. The minimum Gasteiger partial charge on any atom is -0.478 e. The van der Waals surface area contributed by atoms with Gasteiger partial charge in [-0.15, -0.1) is 0 Å². The maximum absolute atomic E-state index is 10.7. The number of carboxylic acids is 1. The van der Waals surface area contributed by atoms with Crippen molar-refractivity contribution in [3.8, 4) is 17.7 Å². The number of nitriles is 1. The lowest BCUT2D eigenvalue weighted by Crippen LogP contribution is -1.97. The summed E-state index contributed by atoms with van der Waals surface area (Å²) in [6.07, 6.45) is 1.55. The van der Waals surface area contributed by atoms with Crippen molar-refractivity contribution in [3.63, 3.8) is 0 Å². The largest absolute Gasteiger partial charge is 0.478 e. The van der Waals surface area contributed by atoms with E-state index < -0.39 is 5.97 Å². The van der Waals surface area contributed by atoms with Gasteiger partial charge in [0.15, 0.2) is 0 Å². The molecule has 0 spiro atoms. The molecule has 1 N–H and O–H groups in total. The third-order valence-electron chi connectivity index (χ3n) is 2.55. The average Bonchev–Trinajstić information content (AvgIpc) is 2.39. The Bertz CT molecular complexity index is 657. The molecule has 0 unspecified atom stereocenters. The molecule has 0 aliphatic heterocycles. The summed E-state index contributed by atoms with van der Waals surface area (Å²) in [7, 11) is 0. The highest BCUT2D eigenvalue weighted by Crippen LogP contribution is 2.24. The number of carbonyl (C=O) groups is 1. The first-order valence-corrected chi connectivity index (χ1v) is 5.48. The number of carboxylic acid groups (broad SMARTS) is 1. The molecule has 19 heavy (non-hydrogen) atoms. The van der Waals surface area contributed by atoms with E-state index in [0.717, 1.165) is 5.56 Å². The lowest BCUT2D eigenvalue weighted by atomic mass is 10.2. The van der Waals surface area contributed by atoms with Gasteiger partial charge in [0.1, 0.15) is 17.4 Å². The molecule has 94 valence electrons. The van der Waals surface area contributed by atoms with E-state index in [-0.39, 0.29) is 11.4 Å². The predicted octanol–water partition coefficient (Wildman–Crippen LogP) is 2.75. The maximum atomic E-state index is 10.7. The van der Waals surface area contributed by atoms with Gasteiger partial charge in [-0.25, -0.2) is 9.78 Å². The van der Waals surface area contributed by atoms with Crippen molar-refractivity contribution < 1.29 is 14.6 Å². The number of aromatic carboxylic acids is 1. The number of hydrogen-bond acceptors (Lipinski definition) is 4. The highest BCUT2D eigenvalue weighted by molar-refractivity contribution is 5.87. The second-order valence-corrected chi connectivity index (χ2v) is 3.85. The van der Waals surface area contributed by atoms with Gasteiger partial charge in [-0.3, -0.25) is 0 Å². The Morgan fingerprint density at radius 3 is 2.58 bits per heavy atom. The highest BCUT2D eigenvalue weighted by atomic mass is 16.5. The van der Waals surface area contributed by atoms with Gasteiger partial charge in [0.05, 0.1) is 5.56 Å². The van der Waals surface area contributed by atoms with Crippen LogP contribution in [0.2, 0.25) is 0 Å². The summed E-state index contributed by atoms with van der Waals surface area (Å²) < 4.78 is 5.49. The smallest absolute Gasteiger partial charge is 0.335 e. The third-order valence-corrected chi connectivity index (χ3v) is 2.55. The normalized spacial score (nSPS) is 9.68. The third kappa shape index (κ3) is 2.69. The van der Waals surface area contributed by atoms with Crippen LogP contribution in [0.5, 0.6) is 11.6 Å². The number of ether oxygens (including phenoxy) is 1.